The summed E-state index contributed by atoms with van der Waals surface area (Å²) < 4.78 is 0. The molecule has 0 aliphatic carbocycles. The zero-order valence-corrected chi connectivity index (χ0v) is 18.3. The van der Waals surface area contributed by atoms with Crippen LogP contribution in [0.3, 0.4) is 0 Å². The van der Waals surface area contributed by atoms with Crippen molar-refractivity contribution in [3.63, 3.8) is 0 Å². The zero-order chi connectivity index (χ0) is 21.6. The highest BCUT2D eigenvalue weighted by atomic mass is 16.2. The van der Waals surface area contributed by atoms with Gasteiger partial charge in [-0.2, -0.15) is 0 Å². The molecule has 0 bridgehead atoms. The first-order valence-corrected chi connectivity index (χ1v) is 11.4. The van der Waals surface area contributed by atoms with Crippen LogP contribution in [0.4, 0.5) is 5.69 Å². The fraction of sp³-hybridized carbons (Fsp3) is 0.480. The Kier molecular flexibility index (Phi) is 6.97. The van der Waals surface area contributed by atoms with Crippen molar-refractivity contribution in [3.8, 4) is 0 Å². The molecule has 4 rings (SSSR count). The number of amides is 2. The van der Waals surface area contributed by atoms with E-state index in [1.54, 1.807) is 30.5 Å². The molecule has 1 N–H and O–H groups in total. The fourth-order valence-corrected chi connectivity index (χ4v) is 4.62. The lowest BCUT2D eigenvalue weighted by Gasteiger charge is -2.38. The molecule has 0 saturated carbocycles. The molecule has 3 heterocycles. The van der Waals surface area contributed by atoms with Crippen LogP contribution in [0.25, 0.3) is 0 Å². The molecular weight excluding hydrogens is 388 g/mol. The SMILES string of the molecule is CC1CCN(CC2CCCN(C(=O)c3cccc(NC(=O)c4cccnc4)c3)C2)CC1. The fourth-order valence-electron chi connectivity index (χ4n) is 4.62. The highest BCUT2D eigenvalue weighted by molar-refractivity contribution is 6.04. The number of carbonyl (C=O) groups is 2. The molecule has 2 aliphatic heterocycles. The van der Waals surface area contributed by atoms with Crippen LogP contribution >= 0.6 is 0 Å². The summed E-state index contributed by atoms with van der Waals surface area (Å²) in [6.07, 6.45) is 7.98. The van der Waals surface area contributed by atoms with Gasteiger partial charge in [0.2, 0.25) is 0 Å². The minimum atomic E-state index is -0.230. The lowest BCUT2D eigenvalue weighted by Crippen LogP contribution is -2.45. The van der Waals surface area contributed by atoms with E-state index in [4.69, 9.17) is 0 Å². The van der Waals surface area contributed by atoms with Crippen LogP contribution in [0.15, 0.2) is 48.8 Å². The quantitative estimate of drug-likeness (QED) is 0.796. The third-order valence-electron chi connectivity index (χ3n) is 6.49. The van der Waals surface area contributed by atoms with Gasteiger partial charge in [-0.05, 0) is 80.9 Å². The maximum Gasteiger partial charge on any atom is 0.257 e. The van der Waals surface area contributed by atoms with Gasteiger partial charge < -0.3 is 15.1 Å². The summed E-state index contributed by atoms with van der Waals surface area (Å²) in [7, 11) is 0. The van der Waals surface area contributed by atoms with Crippen molar-refractivity contribution in [2.45, 2.75) is 32.6 Å². The van der Waals surface area contributed by atoms with E-state index in [1.165, 1.54) is 38.5 Å². The van der Waals surface area contributed by atoms with Crippen LogP contribution < -0.4 is 5.32 Å². The molecule has 0 radical (unpaired) electrons. The summed E-state index contributed by atoms with van der Waals surface area (Å²) in [6, 6.07) is 10.7. The molecule has 31 heavy (non-hydrogen) atoms. The smallest absolute Gasteiger partial charge is 0.257 e. The molecule has 6 nitrogen and oxygen atoms in total. The molecule has 2 aromatic rings. The monoisotopic (exact) mass is 420 g/mol. The van der Waals surface area contributed by atoms with Gasteiger partial charge >= 0.3 is 0 Å². The molecule has 2 saturated heterocycles. The van der Waals surface area contributed by atoms with Crippen LogP contribution in [0.5, 0.6) is 0 Å². The van der Waals surface area contributed by atoms with Crippen molar-refractivity contribution in [1.82, 2.24) is 14.8 Å². The predicted octanol–water partition coefficient (Wildman–Crippen LogP) is 3.92. The molecular formula is C25H32N4O2. The van der Waals surface area contributed by atoms with Gasteiger partial charge in [0.05, 0.1) is 5.56 Å². The summed E-state index contributed by atoms with van der Waals surface area (Å²) in [5, 5.41) is 2.87. The molecule has 1 atom stereocenters. The van der Waals surface area contributed by atoms with Crippen molar-refractivity contribution in [2.75, 3.05) is 38.0 Å². The Labute approximate surface area is 184 Å². The molecule has 2 amide bonds. The van der Waals surface area contributed by atoms with Gasteiger partial charge in [-0.1, -0.05) is 13.0 Å². The van der Waals surface area contributed by atoms with Gasteiger partial charge in [0.25, 0.3) is 11.8 Å². The number of hydrogen-bond donors (Lipinski definition) is 1. The molecule has 2 fully saturated rings. The zero-order valence-electron chi connectivity index (χ0n) is 18.3. The van der Waals surface area contributed by atoms with E-state index in [1.807, 2.05) is 17.0 Å². The summed E-state index contributed by atoms with van der Waals surface area (Å²) in [5.74, 6) is 1.20. The van der Waals surface area contributed by atoms with Crippen LogP contribution in [0, 0.1) is 11.8 Å². The number of aromatic nitrogens is 1. The molecule has 2 aliphatic rings. The van der Waals surface area contributed by atoms with E-state index in [0.717, 1.165) is 32.0 Å². The minimum Gasteiger partial charge on any atom is -0.338 e. The van der Waals surface area contributed by atoms with Crippen LogP contribution in [-0.2, 0) is 0 Å². The Morgan fingerprint density at radius 1 is 1.06 bits per heavy atom. The largest absolute Gasteiger partial charge is 0.338 e. The summed E-state index contributed by atoms with van der Waals surface area (Å²) in [6.45, 7) is 7.42. The van der Waals surface area contributed by atoms with Gasteiger partial charge in [0.1, 0.15) is 0 Å². The van der Waals surface area contributed by atoms with E-state index >= 15 is 0 Å². The van der Waals surface area contributed by atoms with Crippen molar-refractivity contribution in [1.29, 1.82) is 0 Å². The number of nitrogens with zero attached hydrogens (tertiary/aromatic N) is 3. The molecule has 1 aromatic carbocycles. The normalized spacial score (nSPS) is 20.4. The first-order valence-electron chi connectivity index (χ1n) is 11.4. The van der Waals surface area contributed by atoms with E-state index in [0.29, 0.717) is 22.7 Å². The lowest BCUT2D eigenvalue weighted by atomic mass is 9.94. The Bertz CT molecular complexity index is 893. The number of benzene rings is 1. The number of nitrogens with one attached hydrogen (secondary N) is 1. The Morgan fingerprint density at radius 3 is 2.65 bits per heavy atom. The number of likely N-dealkylation sites (tertiary alicyclic amines) is 2. The van der Waals surface area contributed by atoms with Gasteiger partial charge in [-0.3, -0.25) is 14.6 Å². The van der Waals surface area contributed by atoms with Crippen molar-refractivity contribution in [2.24, 2.45) is 11.8 Å². The van der Waals surface area contributed by atoms with E-state index < -0.39 is 0 Å². The number of hydrogen-bond acceptors (Lipinski definition) is 4. The summed E-state index contributed by atoms with van der Waals surface area (Å²) in [5.41, 5.74) is 1.73. The van der Waals surface area contributed by atoms with E-state index in [-0.39, 0.29) is 11.8 Å². The van der Waals surface area contributed by atoms with Gasteiger partial charge in [0, 0.05) is 43.3 Å². The van der Waals surface area contributed by atoms with Gasteiger partial charge in [-0.25, -0.2) is 0 Å². The van der Waals surface area contributed by atoms with Gasteiger partial charge in [-0.15, -0.1) is 0 Å². The van der Waals surface area contributed by atoms with E-state index in [9.17, 15) is 9.59 Å². The first kappa shape index (κ1) is 21.5. The average molecular weight is 421 g/mol. The third-order valence-corrected chi connectivity index (χ3v) is 6.49. The molecule has 1 unspecified atom stereocenters. The highest BCUT2D eigenvalue weighted by Crippen LogP contribution is 2.23. The topological polar surface area (TPSA) is 65.5 Å². The predicted molar refractivity (Wildman–Crippen MR) is 122 cm³/mol. The van der Waals surface area contributed by atoms with Crippen molar-refractivity contribution >= 4 is 17.5 Å². The summed E-state index contributed by atoms with van der Waals surface area (Å²) >= 11 is 0. The number of pyridine rings is 1. The highest BCUT2D eigenvalue weighted by Gasteiger charge is 2.27. The minimum absolute atomic E-state index is 0.0504. The Hall–Kier alpha value is -2.73. The van der Waals surface area contributed by atoms with Crippen molar-refractivity contribution in [3.05, 3.63) is 59.9 Å². The van der Waals surface area contributed by atoms with Crippen molar-refractivity contribution < 1.29 is 9.59 Å². The van der Waals surface area contributed by atoms with Crippen LogP contribution in [-0.4, -0.2) is 59.3 Å². The second-order valence-corrected chi connectivity index (χ2v) is 9.02. The summed E-state index contributed by atoms with van der Waals surface area (Å²) in [4.78, 5) is 34.1. The third kappa shape index (κ3) is 5.70. The molecule has 6 heteroatoms. The number of carbonyl (C=O) groups excluding carboxylic acids is 2. The molecule has 0 spiro atoms. The molecule has 164 valence electrons. The Balaban J connectivity index is 1.36. The average Bonchev–Trinajstić information content (AvgIpc) is 2.81. The number of rotatable bonds is 5. The molecule has 1 aromatic heterocycles. The van der Waals surface area contributed by atoms with Crippen LogP contribution in [0.2, 0.25) is 0 Å². The second-order valence-electron chi connectivity index (χ2n) is 9.02. The van der Waals surface area contributed by atoms with Gasteiger partial charge in [0.15, 0.2) is 0 Å². The number of anilines is 1. The standard InChI is InChI=1S/C25H32N4O2/c1-19-9-13-28(14-10-19)17-20-5-4-12-29(18-20)25(31)21-6-2-8-23(15-21)27-24(30)22-7-3-11-26-16-22/h2-3,6-8,11,15-16,19-20H,4-5,9-10,12-14,17-18H2,1H3,(H,27,30). The first-order chi connectivity index (χ1) is 15.1. The lowest BCUT2D eigenvalue weighted by molar-refractivity contribution is 0.0622. The van der Waals surface area contributed by atoms with E-state index in [2.05, 4.69) is 22.1 Å². The maximum atomic E-state index is 13.2. The van der Waals surface area contributed by atoms with Crippen LogP contribution in [0.1, 0.15) is 53.3 Å². The Morgan fingerprint density at radius 2 is 1.87 bits per heavy atom. The second kappa shape index (κ2) is 10.1. The maximum absolute atomic E-state index is 13.2. The number of piperidine rings is 2.